The molecule has 2 heterocycles. The molecule has 1 atom stereocenters. The zero-order valence-corrected chi connectivity index (χ0v) is 23.9. The van der Waals surface area contributed by atoms with Crippen LogP contribution in [-0.4, -0.2) is 57.6 Å². The van der Waals surface area contributed by atoms with Gasteiger partial charge in [-0.1, -0.05) is 23.7 Å². The molecule has 5 rings (SSSR count). The van der Waals surface area contributed by atoms with Crippen LogP contribution in [-0.2, 0) is 32.6 Å². The lowest BCUT2D eigenvalue weighted by Gasteiger charge is -2.33. The fourth-order valence-electron chi connectivity index (χ4n) is 6.01. The van der Waals surface area contributed by atoms with Gasteiger partial charge in [0.05, 0.1) is 33.5 Å². The predicted octanol–water partition coefficient (Wildman–Crippen LogP) is 5.57. The Morgan fingerprint density at radius 2 is 1.73 bits per heavy atom. The number of ether oxygens (including phenoxy) is 1. The second-order valence-electron chi connectivity index (χ2n) is 12.3. The number of hydrogen-bond donors (Lipinski definition) is 1. The fourth-order valence-corrected chi connectivity index (χ4v) is 6.27. The van der Waals surface area contributed by atoms with Crippen molar-refractivity contribution >= 4 is 35.3 Å². The summed E-state index contributed by atoms with van der Waals surface area (Å²) in [5.74, 6) is -2.64. The molecule has 1 unspecified atom stereocenters. The lowest BCUT2D eigenvalue weighted by molar-refractivity contribution is -0.161. The molecule has 0 amide bonds. The number of aliphatic carboxylic acids is 1. The van der Waals surface area contributed by atoms with Gasteiger partial charge in [0.1, 0.15) is 5.60 Å². The van der Waals surface area contributed by atoms with Gasteiger partial charge in [-0.15, -0.1) is 5.10 Å². The van der Waals surface area contributed by atoms with Crippen molar-refractivity contribution in [3.63, 3.8) is 0 Å². The fraction of sp³-hybridized carbons (Fsp3) is 0.586. The summed E-state index contributed by atoms with van der Waals surface area (Å²) < 4.78 is 49.0. The number of rotatable bonds is 5. The number of piperidine rings is 1. The molecule has 0 spiro atoms. The molecule has 8 nitrogen and oxygen atoms in total. The van der Waals surface area contributed by atoms with Crippen LogP contribution in [0.25, 0.3) is 0 Å². The quantitative estimate of drug-likeness (QED) is 0.451. The number of halogens is 4. The average molecular weight is 596 g/mol. The molecule has 41 heavy (non-hydrogen) atoms. The number of aromatic nitrogens is 2. The van der Waals surface area contributed by atoms with E-state index in [1.54, 1.807) is 0 Å². The summed E-state index contributed by atoms with van der Waals surface area (Å²) in [4.78, 5) is 40.5. The molecule has 222 valence electrons. The molecule has 0 radical (unpaired) electrons. The minimum Gasteiger partial charge on any atom is -0.481 e. The topological polar surface area (TPSA) is 102 Å². The van der Waals surface area contributed by atoms with Crippen LogP contribution in [0.3, 0.4) is 0 Å². The lowest BCUT2D eigenvalue weighted by atomic mass is 9.86. The number of carboxylic acid groups (broad SMARTS) is 1. The van der Waals surface area contributed by atoms with Crippen molar-refractivity contribution in [3.8, 4) is 0 Å². The van der Waals surface area contributed by atoms with E-state index >= 15 is 0 Å². The van der Waals surface area contributed by atoms with E-state index in [-0.39, 0.29) is 47.3 Å². The number of carboxylic acids is 1. The van der Waals surface area contributed by atoms with Gasteiger partial charge >= 0.3 is 18.1 Å². The van der Waals surface area contributed by atoms with E-state index < -0.39 is 35.0 Å². The normalized spacial score (nSPS) is 20.9. The van der Waals surface area contributed by atoms with Crippen molar-refractivity contribution < 1.29 is 37.4 Å². The Hall–Kier alpha value is -3.08. The third-order valence-corrected chi connectivity index (χ3v) is 8.68. The van der Waals surface area contributed by atoms with Crippen LogP contribution < -0.4 is 4.90 Å². The van der Waals surface area contributed by atoms with Gasteiger partial charge < -0.3 is 14.7 Å². The summed E-state index contributed by atoms with van der Waals surface area (Å²) in [5, 5.41) is 14.2. The summed E-state index contributed by atoms with van der Waals surface area (Å²) in [7, 11) is 0. The molecule has 2 fully saturated rings. The molecule has 1 saturated carbocycles. The predicted molar refractivity (Wildman–Crippen MR) is 144 cm³/mol. The molecule has 2 aliphatic carbocycles. The van der Waals surface area contributed by atoms with Crippen molar-refractivity contribution in [2.75, 3.05) is 18.0 Å². The molecular weight excluding hydrogens is 563 g/mol. The van der Waals surface area contributed by atoms with Crippen LogP contribution in [0.5, 0.6) is 0 Å². The summed E-state index contributed by atoms with van der Waals surface area (Å²) in [6.45, 7) is 6.34. The number of nitrogens with zero attached hydrogens (tertiary/aromatic N) is 3. The molecule has 1 aromatic heterocycles. The molecule has 1 aliphatic heterocycles. The third kappa shape index (κ3) is 5.45. The van der Waals surface area contributed by atoms with Crippen molar-refractivity contribution in [1.29, 1.82) is 0 Å². The van der Waals surface area contributed by atoms with Gasteiger partial charge in [-0.05, 0) is 70.9 Å². The number of carbonyl (C=O) groups excluding carboxylic acids is 2. The van der Waals surface area contributed by atoms with Crippen LogP contribution in [0.15, 0.2) is 18.2 Å². The number of fused-ring (bicyclic) bond motifs is 1. The first kappa shape index (κ1) is 29.4. The first-order valence-corrected chi connectivity index (χ1v) is 14.2. The minimum absolute atomic E-state index is 0.0159. The molecule has 1 saturated heterocycles. The maximum Gasteiger partial charge on any atom is 0.398 e. The highest BCUT2D eigenvalue weighted by Gasteiger charge is 2.65. The van der Waals surface area contributed by atoms with E-state index in [0.717, 1.165) is 4.68 Å². The Balaban J connectivity index is 1.51. The Bertz CT molecular complexity index is 1390. The van der Waals surface area contributed by atoms with Gasteiger partial charge in [-0.2, -0.15) is 17.9 Å². The number of carbonyl (C=O) groups is 3. The van der Waals surface area contributed by atoms with Crippen molar-refractivity contribution in [2.24, 2.45) is 11.8 Å². The lowest BCUT2D eigenvalue weighted by Crippen LogP contribution is -2.39. The highest BCUT2D eigenvalue weighted by atomic mass is 35.5. The van der Waals surface area contributed by atoms with Crippen molar-refractivity contribution in [1.82, 2.24) is 9.78 Å². The van der Waals surface area contributed by atoms with Crippen LogP contribution in [0, 0.1) is 11.8 Å². The summed E-state index contributed by atoms with van der Waals surface area (Å²) in [6.07, 6.45) is -3.13. The maximum atomic E-state index is 14.1. The van der Waals surface area contributed by atoms with E-state index in [0.29, 0.717) is 55.8 Å². The monoisotopic (exact) mass is 595 g/mol. The summed E-state index contributed by atoms with van der Waals surface area (Å²) in [6, 6.07) is 4.07. The van der Waals surface area contributed by atoms with E-state index in [1.807, 2.05) is 25.7 Å². The first-order chi connectivity index (χ1) is 19.1. The largest absolute Gasteiger partial charge is 0.481 e. The minimum atomic E-state index is -4.56. The number of alkyl halides is 3. The van der Waals surface area contributed by atoms with Crippen LogP contribution in [0.1, 0.15) is 80.1 Å². The smallest absolute Gasteiger partial charge is 0.398 e. The second kappa shape index (κ2) is 10.3. The second-order valence-corrected chi connectivity index (χ2v) is 12.7. The first-order valence-electron chi connectivity index (χ1n) is 13.8. The highest BCUT2D eigenvalue weighted by Crippen LogP contribution is 2.60. The SMILES string of the molecule is CC(C)(C)OC(=O)C1CCN(c2nn(C(=O)c3c(Cl)cccc3C3(C(F)(F)F)CC3)c3c2CCC(C(=O)O)C3)CC1. The summed E-state index contributed by atoms with van der Waals surface area (Å²) >= 11 is 6.39. The summed E-state index contributed by atoms with van der Waals surface area (Å²) in [5.41, 5.74) is -2.11. The Labute approximate surface area is 240 Å². The zero-order valence-electron chi connectivity index (χ0n) is 23.2. The maximum absolute atomic E-state index is 14.1. The molecule has 1 N–H and O–H groups in total. The van der Waals surface area contributed by atoms with Crippen LogP contribution in [0.2, 0.25) is 5.02 Å². The van der Waals surface area contributed by atoms with Gasteiger partial charge in [0.2, 0.25) is 0 Å². The van der Waals surface area contributed by atoms with Crippen molar-refractivity contribution in [3.05, 3.63) is 45.6 Å². The third-order valence-electron chi connectivity index (χ3n) is 8.36. The number of anilines is 1. The van der Waals surface area contributed by atoms with Crippen LogP contribution in [0.4, 0.5) is 19.0 Å². The molecule has 0 bridgehead atoms. The van der Waals surface area contributed by atoms with Crippen molar-refractivity contribution in [2.45, 2.75) is 82.9 Å². The van der Waals surface area contributed by atoms with Gasteiger partial charge in [0, 0.05) is 25.1 Å². The molecular formula is C29H33ClF3N3O5. The number of hydrogen-bond acceptors (Lipinski definition) is 6. The molecule has 3 aliphatic rings. The van der Waals surface area contributed by atoms with E-state index in [2.05, 4.69) is 5.10 Å². The molecule has 1 aromatic carbocycles. The zero-order chi connectivity index (χ0) is 29.9. The number of benzene rings is 1. The van der Waals surface area contributed by atoms with Crippen LogP contribution >= 0.6 is 11.6 Å². The highest BCUT2D eigenvalue weighted by molar-refractivity contribution is 6.34. The standard InChI is InChI=1S/C29H33ClF3N3O5/c1-27(2,3)41-26(40)16-9-13-35(14-10-16)23-18-8-7-17(25(38)39)15-21(18)36(34-23)24(37)22-19(5-4-6-20(22)30)28(11-12-28)29(31,32)33/h4-6,16-17H,7-15H2,1-3H3,(H,38,39). The van der Waals surface area contributed by atoms with E-state index in [1.165, 1.54) is 18.2 Å². The number of esters is 1. The Kier molecular flexibility index (Phi) is 7.41. The van der Waals surface area contributed by atoms with E-state index in [4.69, 9.17) is 16.3 Å². The van der Waals surface area contributed by atoms with Gasteiger partial charge in [0.15, 0.2) is 5.82 Å². The molecule has 12 heteroatoms. The van der Waals surface area contributed by atoms with Gasteiger partial charge in [-0.3, -0.25) is 14.4 Å². The Morgan fingerprint density at radius 1 is 1.07 bits per heavy atom. The van der Waals surface area contributed by atoms with Gasteiger partial charge in [0.25, 0.3) is 5.91 Å². The van der Waals surface area contributed by atoms with E-state index in [9.17, 15) is 32.7 Å². The average Bonchev–Trinajstić information content (AvgIpc) is 3.63. The molecule has 2 aromatic rings. The Morgan fingerprint density at radius 3 is 2.29 bits per heavy atom. The van der Waals surface area contributed by atoms with Gasteiger partial charge in [-0.25, -0.2) is 0 Å².